The predicted octanol–water partition coefficient (Wildman–Crippen LogP) is 4.40. The zero-order chi connectivity index (χ0) is 13.0. The SMILES string of the molecule is C=C(C)c1ccc(C)c(CN2CCCCCC2)c1. The molecule has 1 aliphatic rings. The van der Waals surface area contributed by atoms with Crippen molar-refractivity contribution in [2.24, 2.45) is 0 Å². The first-order valence-corrected chi connectivity index (χ1v) is 7.14. The molecule has 1 heterocycles. The monoisotopic (exact) mass is 243 g/mol. The average Bonchev–Trinajstić information content (AvgIpc) is 2.60. The van der Waals surface area contributed by atoms with Gasteiger partial charge in [-0.15, -0.1) is 0 Å². The topological polar surface area (TPSA) is 3.24 Å². The van der Waals surface area contributed by atoms with Crippen LogP contribution in [-0.4, -0.2) is 18.0 Å². The lowest BCUT2D eigenvalue weighted by atomic mass is 10.0. The summed E-state index contributed by atoms with van der Waals surface area (Å²) < 4.78 is 0. The molecular formula is C17H25N. The molecule has 0 aliphatic carbocycles. The summed E-state index contributed by atoms with van der Waals surface area (Å²) in [4.78, 5) is 2.61. The van der Waals surface area contributed by atoms with E-state index in [1.165, 1.54) is 55.5 Å². The molecule has 1 heteroatoms. The molecule has 0 spiro atoms. The Labute approximate surface area is 112 Å². The first kappa shape index (κ1) is 13.4. The first-order valence-electron chi connectivity index (χ1n) is 7.14. The van der Waals surface area contributed by atoms with E-state index in [2.05, 4.69) is 43.5 Å². The Hall–Kier alpha value is -1.08. The van der Waals surface area contributed by atoms with Gasteiger partial charge in [0.15, 0.2) is 0 Å². The van der Waals surface area contributed by atoms with Crippen molar-refractivity contribution < 1.29 is 0 Å². The largest absolute Gasteiger partial charge is 0.299 e. The van der Waals surface area contributed by atoms with Gasteiger partial charge in [0, 0.05) is 6.54 Å². The maximum Gasteiger partial charge on any atom is 0.0236 e. The molecule has 1 nitrogen and oxygen atoms in total. The molecule has 0 saturated carbocycles. The van der Waals surface area contributed by atoms with Crippen molar-refractivity contribution in [1.29, 1.82) is 0 Å². The highest BCUT2D eigenvalue weighted by Gasteiger charge is 2.11. The molecule has 1 saturated heterocycles. The summed E-state index contributed by atoms with van der Waals surface area (Å²) in [6.45, 7) is 12.0. The van der Waals surface area contributed by atoms with Crippen LogP contribution in [0.1, 0.15) is 49.3 Å². The van der Waals surface area contributed by atoms with E-state index in [9.17, 15) is 0 Å². The average molecular weight is 243 g/mol. The van der Waals surface area contributed by atoms with E-state index in [1.54, 1.807) is 0 Å². The van der Waals surface area contributed by atoms with Gasteiger partial charge in [-0.3, -0.25) is 4.90 Å². The summed E-state index contributed by atoms with van der Waals surface area (Å²) in [5.74, 6) is 0. The highest BCUT2D eigenvalue weighted by molar-refractivity contribution is 5.62. The van der Waals surface area contributed by atoms with Gasteiger partial charge in [0.25, 0.3) is 0 Å². The van der Waals surface area contributed by atoms with Crippen LogP contribution in [-0.2, 0) is 6.54 Å². The Bertz CT molecular complexity index is 412. The normalized spacial score (nSPS) is 17.4. The molecule has 0 N–H and O–H groups in total. The first-order chi connectivity index (χ1) is 8.66. The standard InChI is InChI=1S/C17H25N/c1-14(2)16-9-8-15(3)17(12-16)13-18-10-6-4-5-7-11-18/h8-9,12H,1,4-7,10-11,13H2,2-3H3. The van der Waals surface area contributed by atoms with Gasteiger partial charge in [-0.1, -0.05) is 37.1 Å². The Morgan fingerprint density at radius 3 is 2.44 bits per heavy atom. The van der Waals surface area contributed by atoms with E-state index >= 15 is 0 Å². The summed E-state index contributed by atoms with van der Waals surface area (Å²) in [5, 5.41) is 0. The van der Waals surface area contributed by atoms with Crippen LogP contribution in [0.4, 0.5) is 0 Å². The van der Waals surface area contributed by atoms with Gasteiger partial charge in [-0.05, 0) is 62.5 Å². The van der Waals surface area contributed by atoms with E-state index in [0.29, 0.717) is 0 Å². The molecule has 0 radical (unpaired) electrons. The number of nitrogens with zero attached hydrogens (tertiary/aromatic N) is 1. The number of allylic oxidation sites excluding steroid dienone is 1. The lowest BCUT2D eigenvalue weighted by Crippen LogP contribution is -2.24. The molecule has 1 fully saturated rings. The van der Waals surface area contributed by atoms with Crippen molar-refractivity contribution in [2.75, 3.05) is 13.1 Å². The van der Waals surface area contributed by atoms with Gasteiger partial charge in [0.2, 0.25) is 0 Å². The molecule has 0 aromatic heterocycles. The Morgan fingerprint density at radius 2 is 1.83 bits per heavy atom. The summed E-state index contributed by atoms with van der Waals surface area (Å²) in [6.07, 6.45) is 5.53. The Morgan fingerprint density at radius 1 is 1.17 bits per heavy atom. The highest BCUT2D eigenvalue weighted by atomic mass is 15.1. The van der Waals surface area contributed by atoms with E-state index in [1.807, 2.05) is 0 Å². The second kappa shape index (κ2) is 6.19. The van der Waals surface area contributed by atoms with E-state index in [-0.39, 0.29) is 0 Å². The Kier molecular flexibility index (Phi) is 4.60. The van der Waals surface area contributed by atoms with Gasteiger partial charge in [-0.2, -0.15) is 0 Å². The fourth-order valence-electron chi connectivity index (χ4n) is 2.64. The molecule has 0 atom stereocenters. The number of rotatable bonds is 3. The zero-order valence-corrected chi connectivity index (χ0v) is 11.8. The van der Waals surface area contributed by atoms with Crippen molar-refractivity contribution in [3.8, 4) is 0 Å². The van der Waals surface area contributed by atoms with Crippen molar-refractivity contribution in [3.63, 3.8) is 0 Å². The molecular weight excluding hydrogens is 218 g/mol. The van der Waals surface area contributed by atoms with Crippen LogP contribution < -0.4 is 0 Å². The molecule has 0 bridgehead atoms. The van der Waals surface area contributed by atoms with E-state index in [4.69, 9.17) is 0 Å². The van der Waals surface area contributed by atoms with Crippen LogP contribution in [0.5, 0.6) is 0 Å². The third kappa shape index (κ3) is 3.46. The van der Waals surface area contributed by atoms with Crippen LogP contribution in [0.15, 0.2) is 24.8 Å². The highest BCUT2D eigenvalue weighted by Crippen LogP contribution is 2.20. The molecule has 1 aliphatic heterocycles. The minimum atomic E-state index is 1.10. The molecule has 1 aromatic carbocycles. The zero-order valence-electron chi connectivity index (χ0n) is 11.8. The van der Waals surface area contributed by atoms with Gasteiger partial charge >= 0.3 is 0 Å². The molecule has 1 aromatic rings. The maximum atomic E-state index is 4.04. The van der Waals surface area contributed by atoms with Crippen molar-refractivity contribution >= 4 is 5.57 Å². The second-order valence-electron chi connectivity index (χ2n) is 5.61. The second-order valence-corrected chi connectivity index (χ2v) is 5.61. The third-order valence-corrected chi connectivity index (χ3v) is 3.93. The van der Waals surface area contributed by atoms with Crippen LogP contribution >= 0.6 is 0 Å². The lowest BCUT2D eigenvalue weighted by Gasteiger charge is -2.21. The van der Waals surface area contributed by atoms with Crippen molar-refractivity contribution in [3.05, 3.63) is 41.5 Å². The minimum Gasteiger partial charge on any atom is -0.299 e. The minimum absolute atomic E-state index is 1.10. The number of likely N-dealkylation sites (tertiary alicyclic amines) is 1. The number of aryl methyl sites for hydroxylation is 1. The summed E-state index contributed by atoms with van der Waals surface area (Å²) >= 11 is 0. The van der Waals surface area contributed by atoms with Crippen LogP contribution in [0.2, 0.25) is 0 Å². The predicted molar refractivity (Wildman–Crippen MR) is 79.6 cm³/mol. The number of hydrogen-bond donors (Lipinski definition) is 0. The third-order valence-electron chi connectivity index (χ3n) is 3.93. The van der Waals surface area contributed by atoms with Gasteiger partial charge < -0.3 is 0 Å². The Balaban J connectivity index is 2.11. The molecule has 2 rings (SSSR count). The molecule has 98 valence electrons. The van der Waals surface area contributed by atoms with Gasteiger partial charge in [-0.25, -0.2) is 0 Å². The van der Waals surface area contributed by atoms with Crippen LogP contribution in [0.3, 0.4) is 0 Å². The van der Waals surface area contributed by atoms with Crippen LogP contribution in [0.25, 0.3) is 5.57 Å². The van der Waals surface area contributed by atoms with Crippen LogP contribution in [0, 0.1) is 6.92 Å². The summed E-state index contributed by atoms with van der Waals surface area (Å²) in [7, 11) is 0. The maximum absolute atomic E-state index is 4.04. The number of hydrogen-bond acceptors (Lipinski definition) is 1. The van der Waals surface area contributed by atoms with Gasteiger partial charge in [0.1, 0.15) is 0 Å². The summed E-state index contributed by atoms with van der Waals surface area (Å²) in [5.41, 5.74) is 5.32. The van der Waals surface area contributed by atoms with E-state index < -0.39 is 0 Å². The van der Waals surface area contributed by atoms with Crippen molar-refractivity contribution in [2.45, 2.75) is 46.1 Å². The molecule has 18 heavy (non-hydrogen) atoms. The molecule has 0 unspecified atom stereocenters. The lowest BCUT2D eigenvalue weighted by molar-refractivity contribution is 0.276. The molecule has 0 amide bonds. The smallest absolute Gasteiger partial charge is 0.0236 e. The number of benzene rings is 1. The fourth-order valence-corrected chi connectivity index (χ4v) is 2.64. The van der Waals surface area contributed by atoms with E-state index in [0.717, 1.165) is 12.1 Å². The summed E-state index contributed by atoms with van der Waals surface area (Å²) in [6, 6.07) is 6.74. The quantitative estimate of drug-likeness (QED) is 0.760. The fraction of sp³-hybridized carbons (Fsp3) is 0.529. The van der Waals surface area contributed by atoms with Gasteiger partial charge in [0.05, 0.1) is 0 Å². The van der Waals surface area contributed by atoms with Crippen molar-refractivity contribution in [1.82, 2.24) is 4.90 Å².